The lowest BCUT2D eigenvalue weighted by molar-refractivity contribution is 0.572. The molecule has 0 atom stereocenters. The highest BCUT2D eigenvalue weighted by Crippen LogP contribution is 2.21. The summed E-state index contributed by atoms with van der Waals surface area (Å²) in [6.07, 6.45) is 0. The van der Waals surface area contributed by atoms with Crippen LogP contribution in [0.1, 0.15) is 19.5 Å². The van der Waals surface area contributed by atoms with E-state index in [1.807, 2.05) is 23.7 Å². The Bertz CT molecular complexity index is 500. The lowest BCUT2D eigenvalue weighted by Crippen LogP contribution is -2.22. The third-order valence-corrected chi connectivity index (χ3v) is 2.82. The van der Waals surface area contributed by atoms with Crippen molar-refractivity contribution in [1.29, 1.82) is 0 Å². The zero-order valence-corrected chi connectivity index (χ0v) is 9.92. The van der Waals surface area contributed by atoms with Crippen LogP contribution < -0.4 is 5.32 Å². The van der Waals surface area contributed by atoms with E-state index in [9.17, 15) is 4.39 Å². The van der Waals surface area contributed by atoms with Gasteiger partial charge in [0.05, 0.1) is 5.52 Å². The molecular weight excluding hydrogens is 203 g/mol. The van der Waals surface area contributed by atoms with E-state index in [2.05, 4.69) is 19.2 Å². The van der Waals surface area contributed by atoms with Crippen LogP contribution in [-0.2, 0) is 13.6 Å². The number of fused-ring (bicyclic) bond motifs is 1. The SMILES string of the molecule is CC(C)NCc1cc2c(F)cccc2n1C. The summed E-state index contributed by atoms with van der Waals surface area (Å²) in [7, 11) is 1.97. The molecule has 1 aromatic carbocycles. The summed E-state index contributed by atoms with van der Waals surface area (Å²) in [4.78, 5) is 0. The molecule has 0 unspecified atom stereocenters. The second kappa shape index (κ2) is 4.26. The number of hydrogen-bond acceptors (Lipinski definition) is 1. The second-order valence-electron chi connectivity index (χ2n) is 4.40. The fourth-order valence-corrected chi connectivity index (χ4v) is 1.86. The van der Waals surface area contributed by atoms with Gasteiger partial charge in [-0.3, -0.25) is 0 Å². The maximum absolute atomic E-state index is 13.5. The van der Waals surface area contributed by atoms with Crippen LogP contribution in [-0.4, -0.2) is 10.6 Å². The Hall–Kier alpha value is -1.35. The van der Waals surface area contributed by atoms with Gasteiger partial charge in [-0.05, 0) is 18.2 Å². The molecule has 0 aliphatic heterocycles. The minimum atomic E-state index is -0.149. The van der Waals surface area contributed by atoms with Crippen molar-refractivity contribution in [2.75, 3.05) is 0 Å². The molecule has 0 fully saturated rings. The highest BCUT2D eigenvalue weighted by molar-refractivity contribution is 5.81. The molecule has 16 heavy (non-hydrogen) atoms. The van der Waals surface area contributed by atoms with Gasteiger partial charge in [0.1, 0.15) is 5.82 Å². The first-order chi connectivity index (χ1) is 7.59. The molecular formula is C13H17FN2. The fourth-order valence-electron chi connectivity index (χ4n) is 1.86. The van der Waals surface area contributed by atoms with E-state index < -0.39 is 0 Å². The molecule has 1 aromatic heterocycles. The molecule has 0 saturated heterocycles. The number of nitrogens with one attached hydrogen (secondary N) is 1. The standard InChI is InChI=1S/C13H17FN2/c1-9(2)15-8-10-7-11-12(14)5-4-6-13(11)16(10)3/h4-7,9,15H,8H2,1-3H3. The quantitative estimate of drug-likeness (QED) is 0.841. The Morgan fingerprint density at radius 3 is 2.75 bits per heavy atom. The van der Waals surface area contributed by atoms with Gasteiger partial charge in [0, 0.05) is 30.7 Å². The van der Waals surface area contributed by atoms with Crippen LogP contribution in [0, 0.1) is 5.82 Å². The van der Waals surface area contributed by atoms with Crippen LogP contribution in [0.3, 0.4) is 0 Å². The minimum absolute atomic E-state index is 0.149. The number of halogens is 1. The molecule has 1 N–H and O–H groups in total. The zero-order valence-electron chi connectivity index (χ0n) is 9.92. The van der Waals surface area contributed by atoms with Crippen molar-refractivity contribution in [3.63, 3.8) is 0 Å². The number of aryl methyl sites for hydroxylation is 1. The third-order valence-electron chi connectivity index (χ3n) is 2.82. The third kappa shape index (κ3) is 1.95. The Morgan fingerprint density at radius 2 is 2.12 bits per heavy atom. The number of aromatic nitrogens is 1. The van der Waals surface area contributed by atoms with Crippen LogP contribution in [0.4, 0.5) is 4.39 Å². The van der Waals surface area contributed by atoms with E-state index in [1.165, 1.54) is 6.07 Å². The largest absolute Gasteiger partial charge is 0.346 e. The van der Waals surface area contributed by atoms with Gasteiger partial charge < -0.3 is 9.88 Å². The molecule has 0 bridgehead atoms. The highest BCUT2D eigenvalue weighted by atomic mass is 19.1. The van der Waals surface area contributed by atoms with E-state index in [1.54, 1.807) is 6.07 Å². The minimum Gasteiger partial charge on any atom is -0.346 e. The van der Waals surface area contributed by atoms with Crippen LogP contribution in [0.2, 0.25) is 0 Å². The number of rotatable bonds is 3. The first-order valence-corrected chi connectivity index (χ1v) is 5.56. The van der Waals surface area contributed by atoms with Gasteiger partial charge in [-0.2, -0.15) is 0 Å². The highest BCUT2D eigenvalue weighted by Gasteiger charge is 2.08. The van der Waals surface area contributed by atoms with Gasteiger partial charge in [0.2, 0.25) is 0 Å². The van der Waals surface area contributed by atoms with Crippen LogP contribution in [0.25, 0.3) is 10.9 Å². The van der Waals surface area contributed by atoms with Crippen molar-refractivity contribution in [1.82, 2.24) is 9.88 Å². The maximum Gasteiger partial charge on any atom is 0.132 e. The van der Waals surface area contributed by atoms with Crippen LogP contribution in [0.15, 0.2) is 24.3 Å². The van der Waals surface area contributed by atoms with Crippen molar-refractivity contribution < 1.29 is 4.39 Å². The average molecular weight is 220 g/mol. The molecule has 3 heteroatoms. The molecule has 0 aliphatic rings. The maximum atomic E-state index is 13.5. The number of hydrogen-bond donors (Lipinski definition) is 1. The van der Waals surface area contributed by atoms with E-state index in [0.717, 1.165) is 17.8 Å². The second-order valence-corrected chi connectivity index (χ2v) is 4.40. The molecule has 0 amide bonds. The molecule has 0 aliphatic carbocycles. The Balaban J connectivity index is 2.40. The topological polar surface area (TPSA) is 17.0 Å². The zero-order chi connectivity index (χ0) is 11.7. The van der Waals surface area contributed by atoms with Gasteiger partial charge in [-0.25, -0.2) is 4.39 Å². The predicted octanol–water partition coefficient (Wildman–Crippen LogP) is 2.82. The van der Waals surface area contributed by atoms with Crippen LogP contribution in [0.5, 0.6) is 0 Å². The molecule has 1 heterocycles. The lowest BCUT2D eigenvalue weighted by atomic mass is 10.2. The van der Waals surface area contributed by atoms with E-state index in [0.29, 0.717) is 11.4 Å². The molecule has 0 saturated carbocycles. The number of benzene rings is 1. The summed E-state index contributed by atoms with van der Waals surface area (Å²) in [6, 6.07) is 7.54. The molecule has 2 nitrogen and oxygen atoms in total. The summed E-state index contributed by atoms with van der Waals surface area (Å²) < 4.78 is 15.6. The van der Waals surface area contributed by atoms with Crippen molar-refractivity contribution in [2.45, 2.75) is 26.4 Å². The fraction of sp³-hybridized carbons (Fsp3) is 0.385. The molecule has 2 aromatic rings. The van der Waals surface area contributed by atoms with Gasteiger partial charge in [0.15, 0.2) is 0 Å². The van der Waals surface area contributed by atoms with Crippen molar-refractivity contribution in [3.05, 3.63) is 35.8 Å². The molecule has 2 rings (SSSR count). The van der Waals surface area contributed by atoms with Crippen molar-refractivity contribution in [3.8, 4) is 0 Å². The monoisotopic (exact) mass is 220 g/mol. The average Bonchev–Trinajstić information content (AvgIpc) is 2.55. The summed E-state index contributed by atoms with van der Waals surface area (Å²) in [6.45, 7) is 4.97. The van der Waals surface area contributed by atoms with Crippen molar-refractivity contribution in [2.24, 2.45) is 7.05 Å². The van der Waals surface area contributed by atoms with Gasteiger partial charge in [-0.1, -0.05) is 19.9 Å². The lowest BCUT2D eigenvalue weighted by Gasteiger charge is -2.08. The first kappa shape index (κ1) is 11.1. The Kier molecular flexibility index (Phi) is 2.97. The van der Waals surface area contributed by atoms with Gasteiger partial charge in [0.25, 0.3) is 0 Å². The van der Waals surface area contributed by atoms with E-state index >= 15 is 0 Å². The smallest absolute Gasteiger partial charge is 0.132 e. The molecule has 86 valence electrons. The molecule has 0 radical (unpaired) electrons. The number of nitrogens with zero attached hydrogens (tertiary/aromatic N) is 1. The summed E-state index contributed by atoms with van der Waals surface area (Å²) in [5, 5.41) is 4.04. The molecule has 0 spiro atoms. The van der Waals surface area contributed by atoms with Gasteiger partial charge >= 0.3 is 0 Å². The Labute approximate surface area is 95.1 Å². The Morgan fingerprint density at radius 1 is 1.38 bits per heavy atom. The van der Waals surface area contributed by atoms with E-state index in [-0.39, 0.29) is 5.82 Å². The summed E-state index contributed by atoms with van der Waals surface area (Å²) >= 11 is 0. The summed E-state index contributed by atoms with van der Waals surface area (Å²) in [5.41, 5.74) is 2.05. The van der Waals surface area contributed by atoms with Gasteiger partial charge in [-0.15, -0.1) is 0 Å². The van der Waals surface area contributed by atoms with E-state index in [4.69, 9.17) is 0 Å². The van der Waals surface area contributed by atoms with Crippen molar-refractivity contribution >= 4 is 10.9 Å². The predicted molar refractivity (Wildman–Crippen MR) is 64.9 cm³/mol. The first-order valence-electron chi connectivity index (χ1n) is 5.56. The normalized spacial score (nSPS) is 11.6. The van der Waals surface area contributed by atoms with Crippen LogP contribution >= 0.6 is 0 Å². The summed E-state index contributed by atoms with van der Waals surface area (Å²) in [5.74, 6) is -0.149.